The quantitative estimate of drug-likeness (QED) is 0.626. The Bertz CT molecular complexity index is 753. The van der Waals surface area contributed by atoms with Crippen molar-refractivity contribution in [3.05, 3.63) is 58.6 Å². The number of hydrogen-bond acceptors (Lipinski definition) is 2. The normalized spacial score (nSPS) is 12.7. The summed E-state index contributed by atoms with van der Waals surface area (Å²) in [6.07, 6.45) is 4.60. The largest absolute Gasteiger partial charge is 0.326 e. The Morgan fingerprint density at radius 3 is 2.90 bits per heavy atom. The number of fused-ring (bicyclic) bond motifs is 1. The molecule has 1 unspecified atom stereocenters. The third-order valence-corrected chi connectivity index (χ3v) is 4.13. The highest BCUT2D eigenvalue weighted by Crippen LogP contribution is 2.26. The fourth-order valence-corrected chi connectivity index (χ4v) is 2.96. The molecule has 0 bridgehead atoms. The highest BCUT2D eigenvalue weighted by molar-refractivity contribution is 9.10. The van der Waals surface area contributed by atoms with E-state index in [4.69, 9.17) is 11.6 Å². The van der Waals surface area contributed by atoms with Crippen LogP contribution in [0.3, 0.4) is 0 Å². The standard InChI is InChI=1S/C16H15BrClN3/c1-11(18)16-20-14-9-13(17)4-5-15(14)21(16)8-6-12-3-2-7-19-10-12/h2-5,7,9-11H,6,8H2,1H3. The van der Waals surface area contributed by atoms with Crippen molar-refractivity contribution in [1.29, 1.82) is 0 Å². The predicted molar refractivity (Wildman–Crippen MR) is 89.6 cm³/mol. The molecule has 3 rings (SSSR count). The topological polar surface area (TPSA) is 30.7 Å². The van der Waals surface area contributed by atoms with E-state index >= 15 is 0 Å². The van der Waals surface area contributed by atoms with E-state index in [1.165, 1.54) is 5.56 Å². The zero-order chi connectivity index (χ0) is 14.8. The first kappa shape index (κ1) is 14.5. The first-order chi connectivity index (χ1) is 10.1. The molecule has 3 aromatic rings. The van der Waals surface area contributed by atoms with Crippen LogP contribution in [0.5, 0.6) is 0 Å². The summed E-state index contributed by atoms with van der Waals surface area (Å²) < 4.78 is 3.23. The van der Waals surface area contributed by atoms with Crippen molar-refractivity contribution in [2.75, 3.05) is 0 Å². The van der Waals surface area contributed by atoms with Crippen LogP contribution in [-0.2, 0) is 13.0 Å². The van der Waals surface area contributed by atoms with Gasteiger partial charge in [0.1, 0.15) is 5.82 Å². The van der Waals surface area contributed by atoms with Gasteiger partial charge in [-0.2, -0.15) is 0 Å². The van der Waals surface area contributed by atoms with E-state index in [0.29, 0.717) is 0 Å². The lowest BCUT2D eigenvalue weighted by Gasteiger charge is -2.10. The average Bonchev–Trinajstić information content (AvgIpc) is 2.84. The van der Waals surface area contributed by atoms with Crippen molar-refractivity contribution in [3.63, 3.8) is 0 Å². The molecule has 0 aliphatic carbocycles. The SMILES string of the molecule is CC(Cl)c1nc2cc(Br)ccc2n1CCc1cccnc1. The van der Waals surface area contributed by atoms with E-state index in [1.807, 2.05) is 31.3 Å². The van der Waals surface area contributed by atoms with Crippen molar-refractivity contribution in [3.8, 4) is 0 Å². The molecule has 0 radical (unpaired) electrons. The molecular formula is C16H15BrClN3. The second-order valence-corrected chi connectivity index (χ2v) is 6.55. The van der Waals surface area contributed by atoms with E-state index in [2.05, 4.69) is 42.6 Å². The van der Waals surface area contributed by atoms with E-state index in [-0.39, 0.29) is 5.38 Å². The van der Waals surface area contributed by atoms with Crippen molar-refractivity contribution in [1.82, 2.24) is 14.5 Å². The monoisotopic (exact) mass is 363 g/mol. The van der Waals surface area contributed by atoms with Crippen LogP contribution in [0.2, 0.25) is 0 Å². The molecule has 21 heavy (non-hydrogen) atoms. The minimum absolute atomic E-state index is 0.120. The lowest BCUT2D eigenvalue weighted by atomic mass is 10.2. The zero-order valence-corrected chi connectivity index (χ0v) is 14.0. The number of alkyl halides is 1. The predicted octanol–water partition coefficient (Wildman–Crippen LogP) is 4.74. The summed E-state index contributed by atoms with van der Waals surface area (Å²) in [6.45, 7) is 2.80. The van der Waals surface area contributed by atoms with Crippen LogP contribution in [-0.4, -0.2) is 14.5 Å². The molecule has 3 nitrogen and oxygen atoms in total. The lowest BCUT2D eigenvalue weighted by molar-refractivity contribution is 0.667. The van der Waals surface area contributed by atoms with Gasteiger partial charge in [0.05, 0.1) is 16.4 Å². The highest BCUT2D eigenvalue weighted by atomic mass is 79.9. The van der Waals surface area contributed by atoms with Crippen molar-refractivity contribution in [2.24, 2.45) is 0 Å². The minimum Gasteiger partial charge on any atom is -0.326 e. The van der Waals surface area contributed by atoms with Gasteiger partial charge in [0.2, 0.25) is 0 Å². The Morgan fingerprint density at radius 1 is 1.33 bits per heavy atom. The first-order valence-corrected chi connectivity index (χ1v) is 8.07. The third kappa shape index (κ3) is 3.11. The highest BCUT2D eigenvalue weighted by Gasteiger charge is 2.15. The Hall–Kier alpha value is -1.39. The maximum absolute atomic E-state index is 6.29. The summed E-state index contributed by atoms with van der Waals surface area (Å²) in [6, 6.07) is 10.2. The molecule has 1 atom stereocenters. The minimum atomic E-state index is -0.120. The van der Waals surface area contributed by atoms with Crippen molar-refractivity contribution in [2.45, 2.75) is 25.3 Å². The van der Waals surface area contributed by atoms with E-state index < -0.39 is 0 Å². The molecular weight excluding hydrogens is 350 g/mol. The number of aromatic nitrogens is 3. The second kappa shape index (κ2) is 6.16. The molecule has 0 saturated heterocycles. The second-order valence-electron chi connectivity index (χ2n) is 4.98. The zero-order valence-electron chi connectivity index (χ0n) is 11.6. The summed E-state index contributed by atoms with van der Waals surface area (Å²) in [7, 11) is 0. The van der Waals surface area contributed by atoms with E-state index in [0.717, 1.165) is 34.3 Å². The number of imidazole rings is 1. The molecule has 108 valence electrons. The Morgan fingerprint density at radius 2 is 2.19 bits per heavy atom. The molecule has 0 fully saturated rings. The van der Waals surface area contributed by atoms with Crippen LogP contribution in [0.4, 0.5) is 0 Å². The fraction of sp³-hybridized carbons (Fsp3) is 0.250. The van der Waals surface area contributed by atoms with E-state index in [1.54, 1.807) is 6.20 Å². The molecule has 0 aliphatic heterocycles. The summed E-state index contributed by atoms with van der Waals surface area (Å²) in [5.74, 6) is 0.911. The van der Waals surface area contributed by atoms with Crippen LogP contribution in [0, 0.1) is 0 Å². The van der Waals surface area contributed by atoms with Gasteiger partial charge < -0.3 is 4.57 Å². The number of pyridine rings is 1. The van der Waals surface area contributed by atoms with Crippen LogP contribution in [0.25, 0.3) is 11.0 Å². The molecule has 0 N–H and O–H groups in total. The Balaban J connectivity index is 1.97. The van der Waals surface area contributed by atoms with Crippen LogP contribution < -0.4 is 0 Å². The van der Waals surface area contributed by atoms with Gasteiger partial charge >= 0.3 is 0 Å². The number of benzene rings is 1. The number of hydrogen-bond donors (Lipinski definition) is 0. The van der Waals surface area contributed by atoms with Crippen LogP contribution >= 0.6 is 27.5 Å². The van der Waals surface area contributed by atoms with Gasteiger partial charge in [-0.05, 0) is 43.2 Å². The van der Waals surface area contributed by atoms with Gasteiger partial charge in [-0.1, -0.05) is 22.0 Å². The Kier molecular flexibility index (Phi) is 4.27. The molecule has 0 aliphatic rings. The van der Waals surface area contributed by atoms with Gasteiger partial charge in [-0.3, -0.25) is 4.98 Å². The maximum atomic E-state index is 6.29. The average molecular weight is 365 g/mol. The number of nitrogens with zero attached hydrogens (tertiary/aromatic N) is 3. The summed E-state index contributed by atoms with van der Waals surface area (Å²) in [4.78, 5) is 8.83. The van der Waals surface area contributed by atoms with Gasteiger partial charge in [-0.15, -0.1) is 11.6 Å². The number of halogens is 2. The van der Waals surface area contributed by atoms with Crippen LogP contribution in [0.1, 0.15) is 23.7 Å². The molecule has 0 saturated carbocycles. The van der Waals surface area contributed by atoms with Crippen molar-refractivity contribution < 1.29 is 0 Å². The number of rotatable bonds is 4. The Labute approximate surface area is 137 Å². The lowest BCUT2D eigenvalue weighted by Crippen LogP contribution is -2.07. The molecule has 2 aromatic heterocycles. The molecule has 0 amide bonds. The van der Waals surface area contributed by atoms with E-state index in [9.17, 15) is 0 Å². The smallest absolute Gasteiger partial charge is 0.127 e. The van der Waals surface area contributed by atoms with Gasteiger partial charge in [0, 0.05) is 23.4 Å². The molecule has 5 heteroatoms. The van der Waals surface area contributed by atoms with Crippen molar-refractivity contribution >= 4 is 38.6 Å². The molecule has 2 heterocycles. The number of aryl methyl sites for hydroxylation is 2. The van der Waals surface area contributed by atoms with Gasteiger partial charge in [-0.25, -0.2) is 4.98 Å². The molecule has 1 aromatic carbocycles. The summed E-state index contributed by atoms with van der Waals surface area (Å²) in [5, 5.41) is -0.120. The fourth-order valence-electron chi connectivity index (χ4n) is 2.45. The van der Waals surface area contributed by atoms with Crippen LogP contribution in [0.15, 0.2) is 47.2 Å². The summed E-state index contributed by atoms with van der Waals surface area (Å²) >= 11 is 9.78. The van der Waals surface area contributed by atoms with Gasteiger partial charge in [0.15, 0.2) is 0 Å². The molecule has 0 spiro atoms. The first-order valence-electron chi connectivity index (χ1n) is 6.84. The van der Waals surface area contributed by atoms with Gasteiger partial charge in [0.25, 0.3) is 0 Å². The third-order valence-electron chi connectivity index (χ3n) is 3.44. The maximum Gasteiger partial charge on any atom is 0.127 e. The summed E-state index contributed by atoms with van der Waals surface area (Å²) in [5.41, 5.74) is 3.30.